The lowest BCUT2D eigenvalue weighted by Gasteiger charge is -2.14. The number of anilines is 1. The molecule has 1 unspecified atom stereocenters. The first kappa shape index (κ1) is 18.2. The molecule has 1 aliphatic heterocycles. The highest BCUT2D eigenvalue weighted by molar-refractivity contribution is 6.25. The second-order valence-corrected chi connectivity index (χ2v) is 6.23. The quantitative estimate of drug-likeness (QED) is 0.220. The number of rotatable bonds is 4. The van der Waals surface area contributed by atoms with E-state index in [2.05, 4.69) is 15.1 Å². The van der Waals surface area contributed by atoms with E-state index in [1.807, 2.05) is 0 Å². The number of benzene rings is 2. The van der Waals surface area contributed by atoms with Gasteiger partial charge in [0.15, 0.2) is 5.92 Å². The van der Waals surface area contributed by atoms with Gasteiger partial charge in [-0.1, -0.05) is 0 Å². The van der Waals surface area contributed by atoms with Crippen LogP contribution in [0.1, 0.15) is 6.92 Å². The van der Waals surface area contributed by atoms with Crippen molar-refractivity contribution in [1.82, 2.24) is 9.97 Å². The maximum atomic E-state index is 12.8. The van der Waals surface area contributed by atoms with Gasteiger partial charge in [-0.2, -0.15) is 10.1 Å². The third kappa shape index (κ3) is 3.38. The number of fused-ring (bicyclic) bond motifs is 1. The summed E-state index contributed by atoms with van der Waals surface area (Å²) in [6, 6.07) is 10.0. The third-order valence-corrected chi connectivity index (χ3v) is 4.33. The summed E-state index contributed by atoms with van der Waals surface area (Å²) in [6.07, 6.45) is 3.10. The number of amides is 1. The fourth-order valence-electron chi connectivity index (χ4n) is 2.92. The number of aromatic nitrogens is 2. The average Bonchev–Trinajstić information content (AvgIpc) is 3.02. The van der Waals surface area contributed by atoms with Gasteiger partial charge in [-0.3, -0.25) is 29.7 Å². The Morgan fingerprint density at radius 1 is 1.10 bits per heavy atom. The summed E-state index contributed by atoms with van der Waals surface area (Å²) in [4.78, 5) is 43.9. The molecule has 0 radical (unpaired) electrons. The summed E-state index contributed by atoms with van der Waals surface area (Å²) in [5, 5.41) is 16.0. The number of hydrogen-bond acceptors (Lipinski definition) is 8. The normalized spacial score (nSPS) is 16.0. The van der Waals surface area contributed by atoms with Crippen LogP contribution in [0.4, 0.5) is 11.4 Å². The molecule has 2 aromatic carbocycles. The number of carbonyl (C=O) groups excluding carboxylic acids is 2. The molecule has 1 amide bonds. The predicted octanol–water partition coefficient (Wildman–Crippen LogP) is 2.48. The molecule has 0 bridgehead atoms. The first-order valence-corrected chi connectivity index (χ1v) is 8.50. The molecule has 29 heavy (non-hydrogen) atoms. The molecule has 144 valence electrons. The van der Waals surface area contributed by atoms with Gasteiger partial charge in [-0.15, -0.1) is 0 Å². The van der Waals surface area contributed by atoms with Gasteiger partial charge in [0.05, 0.1) is 27.4 Å². The van der Waals surface area contributed by atoms with Crippen molar-refractivity contribution in [2.75, 3.05) is 5.01 Å². The van der Waals surface area contributed by atoms with Crippen LogP contribution in [0.2, 0.25) is 0 Å². The number of carbonyl (C=O) groups is 2. The van der Waals surface area contributed by atoms with Crippen molar-refractivity contribution in [2.45, 2.75) is 6.92 Å². The minimum Gasteiger partial charge on any atom is -0.426 e. The number of nitro benzene ring substituents is 1. The van der Waals surface area contributed by atoms with E-state index < -0.39 is 22.7 Å². The molecule has 0 spiro atoms. The summed E-state index contributed by atoms with van der Waals surface area (Å²) in [6.45, 7) is 1.56. The first-order valence-electron chi connectivity index (χ1n) is 8.50. The number of ether oxygens (including phenoxy) is 1. The lowest BCUT2D eigenvalue weighted by molar-refractivity contribution is -0.384. The van der Waals surface area contributed by atoms with Gasteiger partial charge in [0.2, 0.25) is 0 Å². The van der Waals surface area contributed by atoms with Crippen molar-refractivity contribution in [1.29, 1.82) is 0 Å². The minimum atomic E-state index is -1.21. The van der Waals surface area contributed by atoms with Gasteiger partial charge >= 0.3 is 5.97 Å². The second-order valence-electron chi connectivity index (χ2n) is 6.23. The van der Waals surface area contributed by atoms with E-state index in [-0.39, 0.29) is 17.1 Å². The Balaban J connectivity index is 1.54. The fraction of sp³-hybridized carbons (Fsp3) is 0.105. The molecule has 3 aromatic rings. The molecule has 0 fully saturated rings. The number of esters is 1. The summed E-state index contributed by atoms with van der Waals surface area (Å²) in [5.41, 5.74) is 1.85. The summed E-state index contributed by atoms with van der Waals surface area (Å²) in [5.74, 6) is -2.48. The molecule has 4 rings (SSSR count). The topological polar surface area (TPSA) is 128 Å². The molecule has 0 saturated carbocycles. The largest absolute Gasteiger partial charge is 0.426 e. The molecule has 10 nitrogen and oxygen atoms in total. The van der Waals surface area contributed by atoms with Crippen LogP contribution in [0.15, 0.2) is 60.0 Å². The smallest absolute Gasteiger partial charge is 0.329 e. The van der Waals surface area contributed by atoms with Gasteiger partial charge in [0.25, 0.3) is 11.6 Å². The number of non-ortho nitro benzene ring substituents is 1. The van der Waals surface area contributed by atoms with E-state index in [4.69, 9.17) is 4.74 Å². The molecule has 1 aliphatic rings. The molecule has 0 saturated heterocycles. The Morgan fingerprint density at radius 2 is 1.79 bits per heavy atom. The monoisotopic (exact) mass is 391 g/mol. The van der Waals surface area contributed by atoms with E-state index in [1.165, 1.54) is 30.5 Å². The van der Waals surface area contributed by atoms with Crippen molar-refractivity contribution in [2.24, 2.45) is 11.0 Å². The van der Waals surface area contributed by atoms with E-state index in [0.717, 1.165) is 5.01 Å². The summed E-state index contributed by atoms with van der Waals surface area (Å²) in [7, 11) is 0. The third-order valence-electron chi connectivity index (χ3n) is 4.33. The highest BCUT2D eigenvalue weighted by Crippen LogP contribution is 2.27. The fourth-order valence-corrected chi connectivity index (χ4v) is 2.92. The van der Waals surface area contributed by atoms with E-state index in [1.54, 1.807) is 31.3 Å². The molecule has 2 heterocycles. The highest BCUT2D eigenvalue weighted by Gasteiger charge is 2.41. The molecular formula is C19H13N5O5. The van der Waals surface area contributed by atoms with Crippen molar-refractivity contribution in [3.8, 4) is 5.75 Å². The van der Waals surface area contributed by atoms with Crippen molar-refractivity contribution < 1.29 is 19.2 Å². The van der Waals surface area contributed by atoms with Gasteiger partial charge in [-0.25, -0.2) is 0 Å². The van der Waals surface area contributed by atoms with Crippen LogP contribution in [0, 0.1) is 16.0 Å². The van der Waals surface area contributed by atoms with E-state index >= 15 is 0 Å². The van der Waals surface area contributed by atoms with Crippen LogP contribution in [0.5, 0.6) is 5.75 Å². The molecular weight excluding hydrogens is 378 g/mol. The SMILES string of the molecule is CC1=NN(c2ccc3nccnc3c2)C(=O)C1C(=O)Oc1ccc([N+](=O)[O-])cc1. The lowest BCUT2D eigenvalue weighted by atomic mass is 10.1. The molecule has 0 N–H and O–H groups in total. The Kier molecular flexibility index (Phi) is 4.43. The van der Waals surface area contributed by atoms with Crippen LogP contribution < -0.4 is 9.75 Å². The number of nitrogens with zero attached hydrogens (tertiary/aromatic N) is 5. The van der Waals surface area contributed by atoms with E-state index in [9.17, 15) is 19.7 Å². The lowest BCUT2D eigenvalue weighted by Crippen LogP contribution is -2.35. The maximum absolute atomic E-state index is 12.8. The Morgan fingerprint density at radius 3 is 2.48 bits per heavy atom. The standard InChI is InChI=1S/C19H13N5O5/c1-11-17(19(26)29-14-5-2-12(3-6-14)24(27)28)18(25)23(22-11)13-4-7-15-16(10-13)21-9-8-20-15/h2-10,17H,1H3. The minimum absolute atomic E-state index is 0.0978. The van der Waals surface area contributed by atoms with Crippen molar-refractivity contribution in [3.63, 3.8) is 0 Å². The van der Waals surface area contributed by atoms with Gasteiger partial charge in [0, 0.05) is 24.5 Å². The maximum Gasteiger partial charge on any atom is 0.329 e. The van der Waals surface area contributed by atoms with Gasteiger partial charge < -0.3 is 4.74 Å². The highest BCUT2D eigenvalue weighted by atomic mass is 16.6. The van der Waals surface area contributed by atoms with Crippen LogP contribution in [0.3, 0.4) is 0 Å². The molecule has 1 aromatic heterocycles. The summed E-state index contributed by atoms with van der Waals surface area (Å²) < 4.78 is 5.22. The Hall–Kier alpha value is -4.21. The Bertz CT molecular complexity index is 1180. The number of hydrogen-bond donors (Lipinski definition) is 0. The van der Waals surface area contributed by atoms with Crippen LogP contribution in [0.25, 0.3) is 11.0 Å². The Labute approximate surface area is 163 Å². The zero-order valence-electron chi connectivity index (χ0n) is 15.1. The molecule has 0 aliphatic carbocycles. The van der Waals surface area contributed by atoms with Crippen LogP contribution >= 0.6 is 0 Å². The number of nitro groups is 1. The second kappa shape index (κ2) is 7.08. The zero-order chi connectivity index (χ0) is 20.5. The summed E-state index contributed by atoms with van der Waals surface area (Å²) >= 11 is 0. The van der Waals surface area contributed by atoms with Gasteiger partial charge in [-0.05, 0) is 37.3 Å². The number of hydrazone groups is 1. The molecule has 10 heteroatoms. The van der Waals surface area contributed by atoms with Crippen molar-refractivity contribution >= 4 is 40.0 Å². The molecule has 1 atom stereocenters. The van der Waals surface area contributed by atoms with Crippen LogP contribution in [-0.4, -0.2) is 32.5 Å². The first-order chi connectivity index (χ1) is 13.9. The predicted molar refractivity (Wildman–Crippen MR) is 102 cm³/mol. The van der Waals surface area contributed by atoms with Crippen LogP contribution in [-0.2, 0) is 9.59 Å². The average molecular weight is 391 g/mol. The van der Waals surface area contributed by atoms with Gasteiger partial charge in [0.1, 0.15) is 5.75 Å². The van der Waals surface area contributed by atoms with E-state index in [0.29, 0.717) is 16.7 Å². The van der Waals surface area contributed by atoms with Crippen molar-refractivity contribution in [3.05, 3.63) is 65.0 Å². The zero-order valence-corrected chi connectivity index (χ0v) is 15.1.